The number of benzene rings is 1. The van der Waals surface area contributed by atoms with Crippen molar-refractivity contribution in [3.05, 3.63) is 64.4 Å². The van der Waals surface area contributed by atoms with Crippen molar-refractivity contribution >= 4 is 11.6 Å². The van der Waals surface area contributed by atoms with Crippen LogP contribution < -0.4 is 5.32 Å². The van der Waals surface area contributed by atoms with E-state index in [1.54, 1.807) is 0 Å². The number of hydrogen-bond acceptors (Lipinski definition) is 2. The molecule has 1 aromatic carbocycles. The van der Waals surface area contributed by atoms with Crippen molar-refractivity contribution < 1.29 is 0 Å². The van der Waals surface area contributed by atoms with Crippen LogP contribution in [-0.4, -0.2) is 11.5 Å². The summed E-state index contributed by atoms with van der Waals surface area (Å²) in [5, 5.41) is 4.23. The number of rotatable bonds is 6. The van der Waals surface area contributed by atoms with E-state index >= 15 is 0 Å². The highest BCUT2D eigenvalue weighted by atomic mass is 35.5. The van der Waals surface area contributed by atoms with Gasteiger partial charge in [0.25, 0.3) is 0 Å². The predicted octanol–water partition coefficient (Wildman–Crippen LogP) is 3.83. The molecule has 0 spiro atoms. The summed E-state index contributed by atoms with van der Waals surface area (Å²) in [6.45, 7) is 4.07. The molecule has 1 N–H and O–H groups in total. The highest BCUT2D eigenvalue weighted by molar-refractivity contribution is 6.30. The van der Waals surface area contributed by atoms with Gasteiger partial charge in [0.1, 0.15) is 0 Å². The van der Waals surface area contributed by atoms with Crippen molar-refractivity contribution in [1.82, 2.24) is 10.3 Å². The highest BCUT2D eigenvalue weighted by Gasteiger charge is 2.04. The molecule has 0 radical (unpaired) electrons. The first-order valence-electron chi connectivity index (χ1n) is 6.66. The number of nitrogens with zero attached hydrogens (tertiary/aromatic N) is 1. The lowest BCUT2D eigenvalue weighted by molar-refractivity contribution is 0.672. The van der Waals surface area contributed by atoms with Crippen LogP contribution in [0.4, 0.5) is 0 Å². The molecule has 3 heteroatoms. The number of hydrogen-bond donors (Lipinski definition) is 1. The van der Waals surface area contributed by atoms with Crippen LogP contribution in [0.3, 0.4) is 0 Å². The van der Waals surface area contributed by atoms with Crippen molar-refractivity contribution in [3.8, 4) is 0 Å². The highest BCUT2D eigenvalue weighted by Crippen LogP contribution is 2.19. The van der Waals surface area contributed by atoms with E-state index in [2.05, 4.69) is 41.5 Å². The first kappa shape index (κ1) is 14.0. The summed E-state index contributed by atoms with van der Waals surface area (Å²) in [5.41, 5.74) is 3.87. The van der Waals surface area contributed by atoms with Crippen LogP contribution in [0.5, 0.6) is 0 Å². The molecule has 0 amide bonds. The Hall–Kier alpha value is -1.38. The van der Waals surface area contributed by atoms with E-state index in [0.29, 0.717) is 0 Å². The summed E-state index contributed by atoms with van der Waals surface area (Å²) in [4.78, 5) is 4.05. The van der Waals surface area contributed by atoms with Crippen molar-refractivity contribution in [1.29, 1.82) is 0 Å². The lowest BCUT2D eigenvalue weighted by Gasteiger charge is -2.11. The summed E-state index contributed by atoms with van der Waals surface area (Å²) >= 11 is 6.09. The molecular weight excluding hydrogens is 256 g/mol. The van der Waals surface area contributed by atoms with Gasteiger partial charge in [0, 0.05) is 24.0 Å². The minimum Gasteiger partial charge on any atom is -0.313 e. The Balaban J connectivity index is 2.14. The Morgan fingerprint density at radius 3 is 2.63 bits per heavy atom. The molecule has 0 aliphatic carbocycles. The van der Waals surface area contributed by atoms with Crippen molar-refractivity contribution in [2.75, 3.05) is 6.54 Å². The Labute approximate surface area is 119 Å². The molecule has 0 atom stereocenters. The lowest BCUT2D eigenvalue weighted by atomic mass is 10.0. The second kappa shape index (κ2) is 7.27. The topological polar surface area (TPSA) is 24.9 Å². The zero-order valence-corrected chi connectivity index (χ0v) is 12.0. The normalized spacial score (nSPS) is 10.6. The summed E-state index contributed by atoms with van der Waals surface area (Å²) < 4.78 is 0. The van der Waals surface area contributed by atoms with Crippen LogP contribution in [-0.2, 0) is 13.0 Å². The van der Waals surface area contributed by atoms with Gasteiger partial charge in [-0.25, -0.2) is 0 Å². The number of pyridine rings is 1. The molecule has 0 fully saturated rings. The summed E-state index contributed by atoms with van der Waals surface area (Å²) in [6, 6.07) is 10.2. The van der Waals surface area contributed by atoms with Gasteiger partial charge in [-0.15, -0.1) is 0 Å². The van der Waals surface area contributed by atoms with E-state index in [-0.39, 0.29) is 0 Å². The fourth-order valence-electron chi connectivity index (χ4n) is 2.05. The molecule has 0 aliphatic rings. The van der Waals surface area contributed by atoms with Gasteiger partial charge in [0.15, 0.2) is 0 Å². The van der Waals surface area contributed by atoms with Crippen molar-refractivity contribution in [2.45, 2.75) is 26.3 Å². The van der Waals surface area contributed by atoms with Gasteiger partial charge in [0.2, 0.25) is 0 Å². The molecule has 2 aromatic rings. The lowest BCUT2D eigenvalue weighted by Crippen LogP contribution is -2.15. The summed E-state index contributed by atoms with van der Waals surface area (Å²) in [7, 11) is 0. The zero-order chi connectivity index (χ0) is 13.5. The number of aromatic nitrogens is 1. The molecule has 0 saturated carbocycles. The van der Waals surface area contributed by atoms with Crippen LogP contribution >= 0.6 is 11.6 Å². The van der Waals surface area contributed by atoms with Crippen LogP contribution in [0.2, 0.25) is 5.02 Å². The van der Waals surface area contributed by atoms with Crippen molar-refractivity contribution in [3.63, 3.8) is 0 Å². The van der Waals surface area contributed by atoms with E-state index in [1.165, 1.54) is 16.7 Å². The number of halogens is 1. The first-order valence-corrected chi connectivity index (χ1v) is 7.04. The van der Waals surface area contributed by atoms with Crippen molar-refractivity contribution in [2.24, 2.45) is 0 Å². The first-order chi connectivity index (χ1) is 9.29. The molecule has 1 aromatic heterocycles. The minimum absolute atomic E-state index is 0.798. The molecule has 2 rings (SSSR count). The molecule has 0 unspecified atom stereocenters. The molecule has 0 bridgehead atoms. The fraction of sp³-hybridized carbons (Fsp3) is 0.312. The smallest absolute Gasteiger partial charge is 0.0409 e. The standard InChI is InChI=1S/C16H19ClN2/c1-2-7-19-12-15-11-16(17)4-3-14(15)10-13-5-8-18-9-6-13/h3-6,8-9,11,19H,2,7,10,12H2,1H3. The fourth-order valence-corrected chi connectivity index (χ4v) is 2.25. The average Bonchev–Trinajstić information content (AvgIpc) is 2.43. The number of nitrogens with one attached hydrogen (secondary N) is 1. The second-order valence-electron chi connectivity index (χ2n) is 4.62. The second-order valence-corrected chi connectivity index (χ2v) is 5.06. The van der Waals surface area contributed by atoms with Gasteiger partial charge in [-0.2, -0.15) is 0 Å². The third-order valence-electron chi connectivity index (χ3n) is 3.05. The van der Waals surface area contributed by atoms with Crippen LogP contribution in [0, 0.1) is 0 Å². The monoisotopic (exact) mass is 274 g/mol. The van der Waals surface area contributed by atoms with Crippen LogP contribution in [0.15, 0.2) is 42.7 Å². The molecule has 19 heavy (non-hydrogen) atoms. The molecule has 2 nitrogen and oxygen atoms in total. The van der Waals surface area contributed by atoms with Gasteiger partial charge in [-0.1, -0.05) is 24.6 Å². The Kier molecular flexibility index (Phi) is 5.37. The maximum Gasteiger partial charge on any atom is 0.0409 e. The van der Waals surface area contributed by atoms with E-state index in [1.807, 2.05) is 18.5 Å². The molecule has 0 aliphatic heterocycles. The van der Waals surface area contributed by atoms with Crippen LogP contribution in [0.25, 0.3) is 0 Å². The third-order valence-corrected chi connectivity index (χ3v) is 3.29. The third kappa shape index (κ3) is 4.34. The van der Waals surface area contributed by atoms with E-state index in [0.717, 1.165) is 31.0 Å². The van der Waals surface area contributed by atoms with E-state index in [9.17, 15) is 0 Å². The Morgan fingerprint density at radius 1 is 1.11 bits per heavy atom. The van der Waals surface area contributed by atoms with Gasteiger partial charge in [-0.05, 0) is 60.3 Å². The Morgan fingerprint density at radius 2 is 1.89 bits per heavy atom. The minimum atomic E-state index is 0.798. The van der Waals surface area contributed by atoms with Gasteiger partial charge >= 0.3 is 0 Å². The quantitative estimate of drug-likeness (QED) is 0.810. The largest absolute Gasteiger partial charge is 0.313 e. The Bertz CT molecular complexity index is 511. The average molecular weight is 275 g/mol. The van der Waals surface area contributed by atoms with Gasteiger partial charge in [-0.3, -0.25) is 4.98 Å². The molecular formula is C16H19ClN2. The maximum atomic E-state index is 6.09. The summed E-state index contributed by atoms with van der Waals surface area (Å²) in [5.74, 6) is 0. The van der Waals surface area contributed by atoms with E-state index in [4.69, 9.17) is 11.6 Å². The molecule has 1 heterocycles. The molecule has 0 saturated heterocycles. The SMILES string of the molecule is CCCNCc1cc(Cl)ccc1Cc1ccncc1. The van der Waals surface area contributed by atoms with Crippen LogP contribution in [0.1, 0.15) is 30.0 Å². The van der Waals surface area contributed by atoms with Gasteiger partial charge < -0.3 is 5.32 Å². The molecule has 100 valence electrons. The summed E-state index contributed by atoms with van der Waals surface area (Å²) in [6.07, 6.45) is 5.73. The zero-order valence-electron chi connectivity index (χ0n) is 11.2. The van der Waals surface area contributed by atoms with E-state index < -0.39 is 0 Å². The maximum absolute atomic E-state index is 6.09. The predicted molar refractivity (Wildman–Crippen MR) is 80.5 cm³/mol. The van der Waals surface area contributed by atoms with Gasteiger partial charge in [0.05, 0.1) is 0 Å².